The van der Waals surface area contributed by atoms with Crippen molar-refractivity contribution in [2.24, 2.45) is 0 Å². The van der Waals surface area contributed by atoms with Crippen LogP contribution >= 0.6 is 23.2 Å². The molecule has 2 aliphatic rings. The van der Waals surface area contributed by atoms with E-state index in [9.17, 15) is 9.59 Å². The van der Waals surface area contributed by atoms with Crippen molar-refractivity contribution in [2.75, 3.05) is 7.11 Å². The molecule has 0 saturated carbocycles. The smallest absolute Gasteiger partial charge is 0.225 e. The Morgan fingerprint density at radius 3 is 2.43 bits per heavy atom. The van der Waals surface area contributed by atoms with Crippen LogP contribution in [-0.4, -0.2) is 18.8 Å². The number of carbonyl (C=O) groups excluding carboxylic acids is 2. The van der Waals surface area contributed by atoms with Gasteiger partial charge in [-0.3, -0.25) is 9.59 Å². The van der Waals surface area contributed by atoms with Gasteiger partial charge in [-0.2, -0.15) is 0 Å². The molecule has 1 N–H and O–H groups in total. The van der Waals surface area contributed by atoms with E-state index < -0.39 is 0 Å². The van der Waals surface area contributed by atoms with E-state index in [0.29, 0.717) is 34.2 Å². The molecule has 144 valence electrons. The van der Waals surface area contributed by atoms with Crippen LogP contribution in [0.4, 0.5) is 0 Å². The first kappa shape index (κ1) is 19.0. The van der Waals surface area contributed by atoms with Crippen molar-refractivity contribution in [3.05, 3.63) is 74.9 Å². The maximum absolute atomic E-state index is 13.1. The highest BCUT2D eigenvalue weighted by Gasteiger charge is 2.38. The fourth-order valence-corrected chi connectivity index (χ4v) is 4.66. The molecular weight excluding hydrogens is 397 g/mol. The number of ether oxygens (including phenoxy) is 1. The molecule has 0 radical (unpaired) electrons. The van der Waals surface area contributed by atoms with Gasteiger partial charge in [0.15, 0.2) is 5.78 Å². The molecule has 6 heteroatoms. The maximum Gasteiger partial charge on any atom is 0.225 e. The summed E-state index contributed by atoms with van der Waals surface area (Å²) >= 11 is 12.4. The molecule has 0 aromatic heterocycles. The van der Waals surface area contributed by atoms with Crippen LogP contribution in [0.5, 0.6) is 5.75 Å². The number of halogens is 2. The van der Waals surface area contributed by atoms with E-state index in [1.807, 2.05) is 24.3 Å². The third-order valence-electron chi connectivity index (χ3n) is 5.46. The number of methoxy groups -OCH3 is 1. The zero-order valence-electron chi connectivity index (χ0n) is 15.3. The van der Waals surface area contributed by atoms with Crippen LogP contribution in [0.15, 0.2) is 53.7 Å². The molecule has 1 aliphatic heterocycles. The van der Waals surface area contributed by atoms with Crippen LogP contribution in [0.1, 0.15) is 42.2 Å². The lowest BCUT2D eigenvalue weighted by molar-refractivity contribution is -0.122. The normalized spacial score (nSPS) is 22.0. The summed E-state index contributed by atoms with van der Waals surface area (Å²) in [6.45, 7) is 0. The summed E-state index contributed by atoms with van der Waals surface area (Å²) in [5.41, 5.74) is 3.21. The van der Waals surface area contributed by atoms with Crippen molar-refractivity contribution in [2.45, 2.75) is 31.1 Å². The molecule has 0 bridgehead atoms. The Morgan fingerprint density at radius 1 is 1.00 bits per heavy atom. The number of benzene rings is 2. The van der Waals surface area contributed by atoms with Crippen molar-refractivity contribution < 1.29 is 14.3 Å². The number of hydrogen-bond donors (Lipinski definition) is 1. The summed E-state index contributed by atoms with van der Waals surface area (Å²) in [5, 5.41) is 3.93. The van der Waals surface area contributed by atoms with Gasteiger partial charge in [0.2, 0.25) is 5.91 Å². The molecule has 1 aliphatic carbocycles. The van der Waals surface area contributed by atoms with E-state index in [4.69, 9.17) is 27.9 Å². The second kappa shape index (κ2) is 7.61. The third kappa shape index (κ3) is 3.54. The summed E-state index contributed by atoms with van der Waals surface area (Å²) < 4.78 is 5.21. The minimum absolute atomic E-state index is 0.0249. The lowest BCUT2D eigenvalue weighted by Gasteiger charge is -2.34. The Hall–Kier alpha value is -2.30. The first-order chi connectivity index (χ1) is 13.5. The summed E-state index contributed by atoms with van der Waals surface area (Å²) in [6, 6.07) is 12.9. The average Bonchev–Trinajstić information content (AvgIpc) is 2.67. The highest BCUT2D eigenvalue weighted by Crippen LogP contribution is 2.44. The predicted molar refractivity (Wildman–Crippen MR) is 109 cm³/mol. The van der Waals surface area contributed by atoms with Gasteiger partial charge in [0.25, 0.3) is 0 Å². The Balaban J connectivity index is 1.70. The fraction of sp³-hybridized carbons (Fsp3) is 0.273. The van der Waals surface area contributed by atoms with Crippen molar-refractivity contribution in [1.82, 2.24) is 5.32 Å². The molecular formula is C22H19Cl2NO3. The molecule has 0 spiro atoms. The standard InChI is InChI=1S/C22H19Cl2NO3/c1-28-15-5-2-12(3-6-15)13-8-19-22(20(26)9-13)17(11-21(27)25-19)16-7-4-14(23)10-18(16)24/h2-7,10,13,17H,8-9,11H2,1H3,(H,25,27)/t13-,17+/m0/s1. The monoisotopic (exact) mass is 415 g/mol. The number of carbonyl (C=O) groups is 2. The van der Waals surface area contributed by atoms with Crippen LogP contribution in [0, 0.1) is 0 Å². The number of amides is 1. The second-order valence-corrected chi connectivity index (χ2v) is 8.01. The molecule has 2 atom stereocenters. The lowest BCUT2D eigenvalue weighted by atomic mass is 9.73. The molecule has 2 aromatic rings. The molecule has 4 rings (SSSR count). The molecule has 4 nitrogen and oxygen atoms in total. The fourth-order valence-electron chi connectivity index (χ4n) is 4.12. The van der Waals surface area contributed by atoms with Crippen molar-refractivity contribution in [1.29, 1.82) is 0 Å². The van der Waals surface area contributed by atoms with Crippen LogP contribution < -0.4 is 10.1 Å². The van der Waals surface area contributed by atoms with E-state index in [1.54, 1.807) is 25.3 Å². The van der Waals surface area contributed by atoms with Gasteiger partial charge in [-0.15, -0.1) is 0 Å². The van der Waals surface area contributed by atoms with Crippen molar-refractivity contribution >= 4 is 34.9 Å². The highest BCUT2D eigenvalue weighted by molar-refractivity contribution is 6.35. The zero-order chi connectivity index (χ0) is 19.8. The molecule has 0 unspecified atom stereocenters. The van der Waals surface area contributed by atoms with Crippen LogP contribution in [0.3, 0.4) is 0 Å². The first-order valence-corrected chi connectivity index (χ1v) is 9.87. The number of Topliss-reactive ketones (excluding diaryl/α,β-unsaturated/α-hetero) is 1. The largest absolute Gasteiger partial charge is 0.497 e. The minimum Gasteiger partial charge on any atom is -0.497 e. The van der Waals surface area contributed by atoms with E-state index in [2.05, 4.69) is 5.32 Å². The van der Waals surface area contributed by atoms with Gasteiger partial charge in [-0.1, -0.05) is 41.4 Å². The molecule has 2 aromatic carbocycles. The average molecular weight is 416 g/mol. The summed E-state index contributed by atoms with van der Waals surface area (Å²) in [7, 11) is 1.62. The predicted octanol–water partition coefficient (Wildman–Crippen LogP) is 5.01. The number of rotatable bonds is 3. The van der Waals surface area contributed by atoms with E-state index in [-0.39, 0.29) is 29.9 Å². The number of hydrogen-bond acceptors (Lipinski definition) is 3. The van der Waals surface area contributed by atoms with Gasteiger partial charge >= 0.3 is 0 Å². The second-order valence-electron chi connectivity index (χ2n) is 7.16. The van der Waals surface area contributed by atoms with Gasteiger partial charge in [0, 0.05) is 40.1 Å². The van der Waals surface area contributed by atoms with Crippen molar-refractivity contribution in [3.63, 3.8) is 0 Å². The third-order valence-corrected chi connectivity index (χ3v) is 6.02. The molecule has 1 amide bonds. The quantitative estimate of drug-likeness (QED) is 0.766. The summed E-state index contributed by atoms with van der Waals surface area (Å²) in [4.78, 5) is 25.5. The first-order valence-electron chi connectivity index (χ1n) is 9.11. The summed E-state index contributed by atoms with van der Waals surface area (Å²) in [5.74, 6) is 0.417. The molecule has 28 heavy (non-hydrogen) atoms. The molecule has 0 fully saturated rings. The van der Waals surface area contributed by atoms with Crippen LogP contribution in [-0.2, 0) is 9.59 Å². The highest BCUT2D eigenvalue weighted by atomic mass is 35.5. The van der Waals surface area contributed by atoms with Gasteiger partial charge < -0.3 is 10.1 Å². The number of allylic oxidation sites excluding steroid dienone is 2. The van der Waals surface area contributed by atoms with E-state index in [0.717, 1.165) is 16.9 Å². The Morgan fingerprint density at radius 2 is 1.75 bits per heavy atom. The van der Waals surface area contributed by atoms with Gasteiger partial charge in [-0.05, 0) is 47.7 Å². The summed E-state index contributed by atoms with van der Waals surface area (Å²) in [6.07, 6.45) is 1.22. The molecule has 0 saturated heterocycles. The topological polar surface area (TPSA) is 55.4 Å². The van der Waals surface area contributed by atoms with Crippen molar-refractivity contribution in [3.8, 4) is 5.75 Å². The van der Waals surface area contributed by atoms with Crippen LogP contribution in [0.25, 0.3) is 0 Å². The number of nitrogens with one attached hydrogen (secondary N) is 1. The lowest BCUT2D eigenvalue weighted by Crippen LogP contribution is -2.38. The zero-order valence-corrected chi connectivity index (χ0v) is 16.8. The van der Waals surface area contributed by atoms with Gasteiger partial charge in [0.05, 0.1) is 7.11 Å². The Labute approximate surface area is 173 Å². The van der Waals surface area contributed by atoms with Gasteiger partial charge in [-0.25, -0.2) is 0 Å². The van der Waals surface area contributed by atoms with Crippen LogP contribution in [0.2, 0.25) is 10.0 Å². The number of ketones is 1. The van der Waals surface area contributed by atoms with Gasteiger partial charge in [0.1, 0.15) is 5.75 Å². The van der Waals surface area contributed by atoms with E-state index in [1.165, 1.54) is 0 Å². The SMILES string of the molecule is COc1ccc([C@@H]2CC(=O)C3=C(C2)NC(=O)C[C@@H]3c2ccc(Cl)cc2Cl)cc1. The minimum atomic E-state index is -0.335. The van der Waals surface area contributed by atoms with E-state index >= 15 is 0 Å². The molecule has 1 heterocycles. The Bertz CT molecular complexity index is 982. The Kier molecular flexibility index (Phi) is 5.17. The maximum atomic E-state index is 13.1.